The van der Waals surface area contributed by atoms with Gasteiger partial charge in [0.2, 0.25) is 0 Å². The van der Waals surface area contributed by atoms with Crippen LogP contribution >= 0.6 is 0 Å². The quantitative estimate of drug-likeness (QED) is 0.592. The van der Waals surface area contributed by atoms with E-state index >= 15 is 0 Å². The molecule has 0 aromatic carbocycles. The van der Waals surface area contributed by atoms with Crippen LogP contribution in [0.4, 0.5) is 4.79 Å². The topological polar surface area (TPSA) is 55.8 Å². The zero-order valence-electron chi connectivity index (χ0n) is 12.5. The van der Waals surface area contributed by atoms with Crippen molar-refractivity contribution < 1.29 is 19.1 Å². The maximum absolute atomic E-state index is 12.1. The molecule has 1 heterocycles. The molecular weight excluding hydrogens is 270 g/mol. The van der Waals surface area contributed by atoms with Crippen molar-refractivity contribution in [2.45, 2.75) is 32.2 Å². The van der Waals surface area contributed by atoms with E-state index in [1.807, 2.05) is 12.2 Å². The van der Waals surface area contributed by atoms with Crippen molar-refractivity contribution >= 4 is 12.1 Å². The number of rotatable bonds is 3. The smallest absolute Gasteiger partial charge is 0.415 e. The lowest BCUT2D eigenvalue weighted by atomic mass is 9.88. The van der Waals surface area contributed by atoms with Gasteiger partial charge >= 0.3 is 12.1 Å². The number of hydrogen-bond acceptors (Lipinski definition) is 4. The van der Waals surface area contributed by atoms with Gasteiger partial charge in [-0.2, -0.15) is 0 Å². The number of hydrogen-bond donors (Lipinski definition) is 0. The summed E-state index contributed by atoms with van der Waals surface area (Å²) in [5.41, 5.74) is 0.550. The molecule has 1 amide bonds. The number of carbonyl (C=O) groups is 2. The van der Waals surface area contributed by atoms with Gasteiger partial charge < -0.3 is 14.4 Å². The fourth-order valence-electron chi connectivity index (χ4n) is 2.90. The Labute approximate surface area is 124 Å². The average molecular weight is 291 g/mol. The maximum Gasteiger partial charge on any atom is 0.415 e. The first-order chi connectivity index (χ1) is 10.0. The van der Waals surface area contributed by atoms with Crippen molar-refractivity contribution in [3.05, 3.63) is 36.1 Å². The summed E-state index contributed by atoms with van der Waals surface area (Å²) < 4.78 is 9.87. The Hall–Kier alpha value is -2.04. The number of methoxy groups -OCH3 is 1. The maximum atomic E-state index is 12.1. The first-order valence-corrected chi connectivity index (χ1v) is 7.13. The molecule has 0 radical (unpaired) electrons. The van der Waals surface area contributed by atoms with Crippen LogP contribution in [0.15, 0.2) is 36.1 Å². The molecule has 0 aromatic heterocycles. The van der Waals surface area contributed by atoms with Crippen LogP contribution in [-0.2, 0) is 14.3 Å². The summed E-state index contributed by atoms with van der Waals surface area (Å²) >= 11 is 0. The summed E-state index contributed by atoms with van der Waals surface area (Å²) in [7, 11) is 1.37. The van der Waals surface area contributed by atoms with E-state index in [0.29, 0.717) is 17.9 Å². The second-order valence-electron chi connectivity index (χ2n) is 5.39. The molecule has 2 aliphatic rings. The monoisotopic (exact) mass is 291 g/mol. The molecule has 2 atom stereocenters. The van der Waals surface area contributed by atoms with Crippen LogP contribution in [0.1, 0.15) is 26.2 Å². The van der Waals surface area contributed by atoms with E-state index < -0.39 is 0 Å². The van der Waals surface area contributed by atoms with Gasteiger partial charge in [-0.05, 0) is 26.2 Å². The van der Waals surface area contributed by atoms with E-state index in [2.05, 4.69) is 6.58 Å². The second kappa shape index (κ2) is 6.61. The van der Waals surface area contributed by atoms with Crippen molar-refractivity contribution in [3.63, 3.8) is 0 Å². The molecule has 0 bridgehead atoms. The summed E-state index contributed by atoms with van der Waals surface area (Å²) in [6.45, 7) is 5.93. The average Bonchev–Trinajstić information content (AvgIpc) is 2.95. The Morgan fingerprint density at radius 3 is 2.86 bits per heavy atom. The highest BCUT2D eigenvalue weighted by Crippen LogP contribution is 2.31. The lowest BCUT2D eigenvalue weighted by molar-refractivity contribution is -0.135. The normalized spacial score (nSPS) is 24.5. The number of nitrogens with zero attached hydrogens (tertiary/aromatic N) is 1. The van der Waals surface area contributed by atoms with Gasteiger partial charge in [-0.15, -0.1) is 0 Å². The molecule has 1 saturated heterocycles. The van der Waals surface area contributed by atoms with Gasteiger partial charge in [-0.25, -0.2) is 9.59 Å². The summed E-state index contributed by atoms with van der Waals surface area (Å²) in [4.78, 5) is 25.5. The molecule has 0 aromatic rings. The van der Waals surface area contributed by atoms with Crippen LogP contribution in [0.2, 0.25) is 0 Å². The molecular formula is C16H21NO4. The molecule has 1 aliphatic heterocycles. The van der Waals surface area contributed by atoms with Gasteiger partial charge in [0.1, 0.15) is 0 Å². The Bertz CT molecular complexity index is 506. The van der Waals surface area contributed by atoms with Gasteiger partial charge in [0.05, 0.1) is 18.4 Å². The predicted molar refractivity (Wildman–Crippen MR) is 78.4 cm³/mol. The highest BCUT2D eigenvalue weighted by Gasteiger charge is 2.35. The largest absolute Gasteiger partial charge is 0.465 e. The minimum Gasteiger partial charge on any atom is -0.465 e. The molecule has 1 aliphatic carbocycles. The molecule has 1 unspecified atom stereocenters. The van der Waals surface area contributed by atoms with E-state index in [0.717, 1.165) is 19.3 Å². The van der Waals surface area contributed by atoms with Crippen molar-refractivity contribution in [2.24, 2.45) is 5.92 Å². The predicted octanol–water partition coefficient (Wildman–Crippen LogP) is 2.80. The first-order valence-electron chi connectivity index (χ1n) is 7.13. The van der Waals surface area contributed by atoms with Crippen LogP contribution in [0.3, 0.4) is 0 Å². The number of ether oxygens (including phenoxy) is 2. The van der Waals surface area contributed by atoms with E-state index in [4.69, 9.17) is 9.47 Å². The molecule has 5 heteroatoms. The Kier molecular flexibility index (Phi) is 4.83. The third kappa shape index (κ3) is 3.54. The zero-order chi connectivity index (χ0) is 15.4. The minimum atomic E-state index is -0.354. The number of esters is 1. The molecule has 2 rings (SSSR count). The Morgan fingerprint density at radius 1 is 1.43 bits per heavy atom. The molecule has 1 fully saturated rings. The summed E-state index contributed by atoms with van der Waals surface area (Å²) in [6, 6.07) is 0.0569. The lowest BCUT2D eigenvalue weighted by Gasteiger charge is -2.30. The molecule has 0 saturated carbocycles. The van der Waals surface area contributed by atoms with E-state index in [-0.39, 0.29) is 24.0 Å². The van der Waals surface area contributed by atoms with Crippen LogP contribution < -0.4 is 0 Å². The van der Waals surface area contributed by atoms with E-state index in [1.54, 1.807) is 17.9 Å². The second-order valence-corrected chi connectivity index (χ2v) is 5.39. The number of allylic oxidation sites excluding steroid dienone is 2. The fraction of sp³-hybridized carbons (Fsp3) is 0.500. The number of amides is 1. The molecule has 0 spiro atoms. The Balaban J connectivity index is 2.11. The van der Waals surface area contributed by atoms with Crippen molar-refractivity contribution in [2.75, 3.05) is 13.7 Å². The minimum absolute atomic E-state index is 0.0569. The van der Waals surface area contributed by atoms with Crippen molar-refractivity contribution in [1.82, 2.24) is 4.90 Å². The van der Waals surface area contributed by atoms with E-state index in [1.165, 1.54) is 7.11 Å². The van der Waals surface area contributed by atoms with Crippen molar-refractivity contribution in [3.8, 4) is 0 Å². The van der Waals surface area contributed by atoms with Gasteiger partial charge in [0.15, 0.2) is 0 Å². The van der Waals surface area contributed by atoms with Gasteiger partial charge in [-0.3, -0.25) is 0 Å². The Morgan fingerprint density at radius 2 is 2.19 bits per heavy atom. The van der Waals surface area contributed by atoms with Crippen LogP contribution in [0.25, 0.3) is 0 Å². The summed E-state index contributed by atoms with van der Waals surface area (Å²) in [5.74, 6) is 0.161. The molecule has 0 N–H and O–H groups in total. The third-order valence-corrected chi connectivity index (χ3v) is 3.81. The third-order valence-electron chi connectivity index (χ3n) is 3.81. The van der Waals surface area contributed by atoms with Gasteiger partial charge in [0.25, 0.3) is 0 Å². The van der Waals surface area contributed by atoms with Crippen LogP contribution in [-0.4, -0.2) is 36.7 Å². The first kappa shape index (κ1) is 15.4. The molecule has 5 nitrogen and oxygen atoms in total. The highest BCUT2D eigenvalue weighted by molar-refractivity contribution is 5.91. The standard InChI is InChI=1S/C16H21NO4/c1-11(2)21-16(19)17-9-5-8-14(17)12-6-4-7-13(10-12)15(18)20-3/h4,7,10,12,14H,1,5-6,8-9H2,2-3H3/t12?,14-/m1/s1. The summed E-state index contributed by atoms with van der Waals surface area (Å²) in [5, 5.41) is 0. The molecule has 114 valence electrons. The van der Waals surface area contributed by atoms with Crippen LogP contribution in [0, 0.1) is 5.92 Å². The highest BCUT2D eigenvalue weighted by atomic mass is 16.6. The van der Waals surface area contributed by atoms with Gasteiger partial charge in [-0.1, -0.05) is 24.8 Å². The van der Waals surface area contributed by atoms with Crippen LogP contribution in [0.5, 0.6) is 0 Å². The van der Waals surface area contributed by atoms with Gasteiger partial charge in [0, 0.05) is 18.5 Å². The number of likely N-dealkylation sites (tertiary alicyclic amines) is 1. The molecule has 21 heavy (non-hydrogen) atoms. The SMILES string of the molecule is C=C(C)OC(=O)N1CCC[C@@H]1C1C=C(C(=O)OC)C=CC1. The zero-order valence-corrected chi connectivity index (χ0v) is 12.5. The summed E-state index contributed by atoms with van der Waals surface area (Å²) in [6.07, 6.45) is 7.94. The number of carbonyl (C=O) groups excluding carboxylic acids is 2. The fourth-order valence-corrected chi connectivity index (χ4v) is 2.90. The van der Waals surface area contributed by atoms with E-state index in [9.17, 15) is 9.59 Å². The lowest BCUT2D eigenvalue weighted by Crippen LogP contribution is -2.40. The van der Waals surface area contributed by atoms with Crippen molar-refractivity contribution in [1.29, 1.82) is 0 Å².